The van der Waals surface area contributed by atoms with E-state index in [1.807, 2.05) is 13.8 Å². The van der Waals surface area contributed by atoms with Crippen LogP contribution in [0, 0.1) is 6.92 Å². The van der Waals surface area contributed by atoms with Gasteiger partial charge in [0.05, 0.1) is 29.8 Å². The van der Waals surface area contributed by atoms with Gasteiger partial charge in [0.2, 0.25) is 10.0 Å². The quantitative estimate of drug-likeness (QED) is 0.568. The molecule has 31 heavy (non-hydrogen) atoms. The van der Waals surface area contributed by atoms with E-state index < -0.39 is 26.2 Å². The molecular weight excluding hydrogens is 446 g/mol. The first-order valence-corrected chi connectivity index (χ1v) is 12.9. The lowest BCUT2D eigenvalue weighted by atomic mass is 10.1. The van der Waals surface area contributed by atoms with Gasteiger partial charge in [-0.2, -0.15) is 21.3 Å². The van der Waals surface area contributed by atoms with Crippen LogP contribution in [-0.2, 0) is 29.7 Å². The average molecular weight is 476 g/mol. The number of nitrogens with zero attached hydrogens (tertiary/aromatic N) is 3. The first kappa shape index (κ1) is 24.1. The van der Waals surface area contributed by atoms with Crippen molar-refractivity contribution in [1.29, 1.82) is 0 Å². The number of benzene rings is 1. The van der Waals surface area contributed by atoms with E-state index in [1.165, 1.54) is 38.2 Å². The molecule has 0 saturated carbocycles. The maximum Gasteiger partial charge on any atom is 0.337 e. The van der Waals surface area contributed by atoms with Crippen molar-refractivity contribution in [2.75, 3.05) is 46.4 Å². The van der Waals surface area contributed by atoms with Gasteiger partial charge in [0.15, 0.2) is 0 Å². The zero-order chi connectivity index (χ0) is 23.0. The fraction of sp³-hybridized carbons (Fsp3) is 0.632. The minimum Gasteiger partial charge on any atom is -0.465 e. The maximum atomic E-state index is 13.1. The lowest BCUT2D eigenvalue weighted by Crippen LogP contribution is -2.57. The molecule has 174 valence electrons. The van der Waals surface area contributed by atoms with Gasteiger partial charge in [-0.05, 0) is 44.5 Å². The molecule has 2 fully saturated rings. The summed E-state index contributed by atoms with van der Waals surface area (Å²) >= 11 is 0. The molecular formula is C19H29N3O7S2. The highest BCUT2D eigenvalue weighted by atomic mass is 32.2. The molecule has 0 spiro atoms. The fourth-order valence-electron chi connectivity index (χ4n) is 3.95. The monoisotopic (exact) mass is 475 g/mol. The molecule has 2 heterocycles. The van der Waals surface area contributed by atoms with Crippen LogP contribution in [0.4, 0.5) is 0 Å². The highest BCUT2D eigenvalue weighted by molar-refractivity contribution is 7.89. The Hall–Kier alpha value is -1.57. The van der Waals surface area contributed by atoms with Crippen LogP contribution in [0.25, 0.3) is 0 Å². The van der Waals surface area contributed by atoms with Gasteiger partial charge in [0, 0.05) is 39.3 Å². The van der Waals surface area contributed by atoms with Gasteiger partial charge in [-0.15, -0.1) is 0 Å². The molecule has 0 aliphatic carbocycles. The Morgan fingerprint density at radius 1 is 0.968 bits per heavy atom. The minimum atomic E-state index is -3.83. The number of morpholine rings is 1. The van der Waals surface area contributed by atoms with Crippen LogP contribution in [0.5, 0.6) is 0 Å². The molecule has 2 unspecified atom stereocenters. The second-order valence-electron chi connectivity index (χ2n) is 7.86. The lowest BCUT2D eigenvalue weighted by molar-refractivity contribution is -0.0456. The first-order valence-electron chi connectivity index (χ1n) is 10.1. The number of rotatable bonds is 5. The topological polar surface area (TPSA) is 114 Å². The summed E-state index contributed by atoms with van der Waals surface area (Å²) in [6.45, 7) is 6.06. The highest BCUT2D eigenvalue weighted by Gasteiger charge is 2.39. The predicted molar refractivity (Wildman–Crippen MR) is 113 cm³/mol. The average Bonchev–Trinajstić information content (AvgIpc) is 2.72. The summed E-state index contributed by atoms with van der Waals surface area (Å²) in [6, 6.07) is 4.27. The van der Waals surface area contributed by atoms with Gasteiger partial charge in [-0.25, -0.2) is 13.2 Å². The Bertz CT molecular complexity index is 1020. The van der Waals surface area contributed by atoms with Crippen LogP contribution in [-0.4, -0.2) is 94.3 Å². The zero-order valence-electron chi connectivity index (χ0n) is 18.1. The maximum absolute atomic E-state index is 13.1. The number of sulfonamides is 1. The summed E-state index contributed by atoms with van der Waals surface area (Å²) in [5, 5.41) is 0. The second kappa shape index (κ2) is 9.12. The van der Waals surface area contributed by atoms with Crippen molar-refractivity contribution in [3.63, 3.8) is 0 Å². The van der Waals surface area contributed by atoms with Gasteiger partial charge in [0.1, 0.15) is 0 Å². The van der Waals surface area contributed by atoms with Gasteiger partial charge in [0.25, 0.3) is 10.2 Å². The summed E-state index contributed by atoms with van der Waals surface area (Å²) in [7, 11) is -6.27. The summed E-state index contributed by atoms with van der Waals surface area (Å²) in [5.74, 6) is -0.544. The van der Waals surface area contributed by atoms with Crippen molar-refractivity contribution in [1.82, 2.24) is 12.9 Å². The molecule has 0 bridgehead atoms. The third-order valence-electron chi connectivity index (χ3n) is 5.45. The molecule has 2 aliphatic rings. The van der Waals surface area contributed by atoms with Gasteiger partial charge in [-0.3, -0.25) is 0 Å². The Balaban J connectivity index is 1.72. The molecule has 2 saturated heterocycles. The molecule has 2 aliphatic heterocycles. The molecule has 3 rings (SSSR count). The standard InChI is InChI=1S/C19H29N3O7S2/c1-14-11-17(19(23)28-4)5-6-18(14)30(24,25)20-7-9-21(10-8-20)31(26,27)22-12-15(2)29-16(3)13-22/h5-6,11,15-16H,7-10,12-13H2,1-4H3. The molecule has 0 amide bonds. The first-order chi connectivity index (χ1) is 14.5. The number of piperazine rings is 1. The van der Waals surface area contributed by atoms with E-state index in [-0.39, 0.29) is 61.9 Å². The number of methoxy groups -OCH3 is 1. The normalized spacial score (nSPS) is 24.8. The van der Waals surface area contributed by atoms with Gasteiger partial charge in [-0.1, -0.05) is 0 Å². The summed E-state index contributed by atoms with van der Waals surface area (Å²) in [5.41, 5.74) is 0.693. The minimum absolute atomic E-state index is 0.0508. The number of carbonyl (C=O) groups is 1. The van der Waals surface area contributed by atoms with Crippen LogP contribution in [0.3, 0.4) is 0 Å². The molecule has 0 aromatic heterocycles. The smallest absolute Gasteiger partial charge is 0.337 e. The van der Waals surface area contributed by atoms with E-state index in [1.54, 1.807) is 6.92 Å². The van der Waals surface area contributed by atoms with Crippen LogP contribution < -0.4 is 0 Å². The van der Waals surface area contributed by atoms with Crippen molar-refractivity contribution >= 4 is 26.2 Å². The zero-order valence-corrected chi connectivity index (χ0v) is 19.8. The predicted octanol–water partition coefficient (Wildman–Crippen LogP) is 0.442. The Morgan fingerprint density at radius 2 is 1.52 bits per heavy atom. The Kier molecular flexibility index (Phi) is 7.08. The van der Waals surface area contributed by atoms with E-state index >= 15 is 0 Å². The van der Waals surface area contributed by atoms with Crippen LogP contribution in [0.2, 0.25) is 0 Å². The van der Waals surface area contributed by atoms with E-state index in [4.69, 9.17) is 4.74 Å². The number of esters is 1. The number of ether oxygens (including phenoxy) is 2. The van der Waals surface area contributed by atoms with E-state index in [2.05, 4.69) is 4.74 Å². The summed E-state index contributed by atoms with van der Waals surface area (Å²) < 4.78 is 66.6. The van der Waals surface area contributed by atoms with Crippen molar-refractivity contribution in [3.8, 4) is 0 Å². The molecule has 0 radical (unpaired) electrons. The molecule has 12 heteroatoms. The fourth-order valence-corrected chi connectivity index (χ4v) is 7.32. The van der Waals surface area contributed by atoms with Crippen molar-refractivity contribution in [2.24, 2.45) is 0 Å². The van der Waals surface area contributed by atoms with Crippen LogP contribution >= 0.6 is 0 Å². The third kappa shape index (κ3) is 4.94. The molecule has 10 nitrogen and oxygen atoms in total. The van der Waals surface area contributed by atoms with Gasteiger partial charge < -0.3 is 9.47 Å². The number of aryl methyl sites for hydroxylation is 1. The largest absolute Gasteiger partial charge is 0.465 e. The lowest BCUT2D eigenvalue weighted by Gasteiger charge is -2.40. The molecule has 1 aromatic rings. The van der Waals surface area contributed by atoms with E-state index in [0.717, 1.165) is 0 Å². The summed E-state index contributed by atoms with van der Waals surface area (Å²) in [6.07, 6.45) is -0.396. The second-order valence-corrected chi connectivity index (χ2v) is 11.7. The summed E-state index contributed by atoms with van der Waals surface area (Å²) in [4.78, 5) is 11.8. The number of hydrogen-bond acceptors (Lipinski definition) is 7. The molecule has 1 aromatic carbocycles. The van der Waals surface area contributed by atoms with E-state index in [9.17, 15) is 21.6 Å². The van der Waals surface area contributed by atoms with E-state index in [0.29, 0.717) is 5.56 Å². The molecule has 2 atom stereocenters. The third-order valence-corrected chi connectivity index (χ3v) is 9.48. The Morgan fingerprint density at radius 3 is 2.03 bits per heavy atom. The van der Waals surface area contributed by atoms with Crippen LogP contribution in [0.15, 0.2) is 23.1 Å². The van der Waals surface area contributed by atoms with Gasteiger partial charge >= 0.3 is 5.97 Å². The van der Waals surface area contributed by atoms with Crippen LogP contribution in [0.1, 0.15) is 29.8 Å². The SMILES string of the molecule is COC(=O)c1ccc(S(=O)(=O)N2CCN(S(=O)(=O)N3CC(C)OC(C)C3)CC2)c(C)c1. The van der Waals surface area contributed by atoms with Crippen molar-refractivity contribution in [3.05, 3.63) is 29.3 Å². The highest BCUT2D eigenvalue weighted by Crippen LogP contribution is 2.24. The van der Waals surface area contributed by atoms with Crippen molar-refractivity contribution in [2.45, 2.75) is 37.9 Å². The number of hydrogen-bond donors (Lipinski definition) is 0. The number of carbonyl (C=O) groups excluding carboxylic acids is 1. The Labute approximate surface area is 183 Å². The molecule has 0 N–H and O–H groups in total. The van der Waals surface area contributed by atoms with Crippen molar-refractivity contribution < 1.29 is 31.1 Å².